The van der Waals surface area contributed by atoms with E-state index in [1.807, 2.05) is 6.92 Å². The van der Waals surface area contributed by atoms with Crippen molar-refractivity contribution in [3.63, 3.8) is 0 Å². The summed E-state index contributed by atoms with van der Waals surface area (Å²) < 4.78 is 0. The van der Waals surface area contributed by atoms with Gasteiger partial charge in [-0.2, -0.15) is 0 Å². The Hall–Kier alpha value is -0.0800. The van der Waals surface area contributed by atoms with Gasteiger partial charge in [-0.15, -0.1) is 0 Å². The summed E-state index contributed by atoms with van der Waals surface area (Å²) in [6.07, 6.45) is 4.51. The van der Waals surface area contributed by atoms with Crippen LogP contribution >= 0.6 is 0 Å². The lowest BCUT2D eigenvalue weighted by Crippen LogP contribution is -2.53. The molecule has 0 bridgehead atoms. The number of rotatable bonds is 4. The summed E-state index contributed by atoms with van der Waals surface area (Å²) in [7, 11) is 0. The van der Waals surface area contributed by atoms with E-state index in [0.29, 0.717) is 0 Å². The van der Waals surface area contributed by atoms with Crippen LogP contribution in [0.2, 0.25) is 0 Å². The van der Waals surface area contributed by atoms with Crippen molar-refractivity contribution in [1.82, 2.24) is 4.90 Å². The fourth-order valence-corrected chi connectivity index (χ4v) is 2.71. The summed E-state index contributed by atoms with van der Waals surface area (Å²) in [5.41, 5.74) is 0.0521. The first-order valence-corrected chi connectivity index (χ1v) is 5.60. The van der Waals surface area contributed by atoms with Crippen LogP contribution in [-0.4, -0.2) is 34.7 Å². The van der Waals surface area contributed by atoms with Crippen LogP contribution in [-0.2, 0) is 0 Å². The quantitative estimate of drug-likeness (QED) is 0.724. The molecule has 0 aromatic rings. The van der Waals surface area contributed by atoms with Crippen molar-refractivity contribution >= 4 is 0 Å². The Morgan fingerprint density at radius 2 is 1.69 bits per heavy atom. The molecule has 78 valence electrons. The zero-order valence-corrected chi connectivity index (χ0v) is 9.21. The van der Waals surface area contributed by atoms with Crippen molar-refractivity contribution in [3.05, 3.63) is 0 Å². The molecule has 1 aliphatic rings. The first-order valence-electron chi connectivity index (χ1n) is 5.60. The third-order valence-electron chi connectivity index (χ3n) is 3.74. The highest BCUT2D eigenvalue weighted by Gasteiger charge is 2.38. The molecule has 1 unspecified atom stereocenters. The van der Waals surface area contributed by atoms with Gasteiger partial charge in [0.15, 0.2) is 0 Å². The molecule has 0 saturated carbocycles. The fraction of sp³-hybridized carbons (Fsp3) is 1.00. The first kappa shape index (κ1) is 11.0. The van der Waals surface area contributed by atoms with Crippen LogP contribution in [0, 0.1) is 0 Å². The Morgan fingerprint density at radius 1 is 1.23 bits per heavy atom. The molecule has 0 aromatic carbocycles. The van der Waals surface area contributed by atoms with E-state index in [1.165, 1.54) is 25.9 Å². The molecule has 1 aliphatic heterocycles. The van der Waals surface area contributed by atoms with Crippen LogP contribution in [0.1, 0.15) is 46.5 Å². The largest absolute Gasteiger partial charge is 0.391 e. The van der Waals surface area contributed by atoms with Gasteiger partial charge in [0.05, 0.1) is 6.10 Å². The maximum absolute atomic E-state index is 9.88. The number of aliphatic hydroxyl groups excluding tert-OH is 1. The van der Waals surface area contributed by atoms with Gasteiger partial charge in [0.1, 0.15) is 0 Å². The van der Waals surface area contributed by atoms with Crippen LogP contribution in [0.5, 0.6) is 0 Å². The van der Waals surface area contributed by atoms with Crippen LogP contribution in [0.25, 0.3) is 0 Å². The van der Waals surface area contributed by atoms with Crippen LogP contribution in [0.4, 0.5) is 0 Å². The highest BCUT2D eigenvalue weighted by Crippen LogP contribution is 2.31. The number of nitrogens with zero attached hydrogens (tertiary/aromatic N) is 1. The van der Waals surface area contributed by atoms with Crippen LogP contribution in [0.15, 0.2) is 0 Å². The SMILES string of the molecule is CCC(CC)(C(C)O)N1CCCC1. The van der Waals surface area contributed by atoms with Gasteiger partial charge in [-0.1, -0.05) is 13.8 Å². The monoisotopic (exact) mass is 185 g/mol. The minimum atomic E-state index is -0.208. The van der Waals surface area contributed by atoms with Gasteiger partial charge in [-0.3, -0.25) is 4.90 Å². The third kappa shape index (κ3) is 1.89. The van der Waals surface area contributed by atoms with E-state index in [9.17, 15) is 5.11 Å². The molecule has 0 aromatic heterocycles. The van der Waals surface area contributed by atoms with Gasteiger partial charge in [-0.05, 0) is 45.7 Å². The van der Waals surface area contributed by atoms with Gasteiger partial charge < -0.3 is 5.11 Å². The Kier molecular flexibility index (Phi) is 3.74. The Morgan fingerprint density at radius 3 is 2.00 bits per heavy atom. The zero-order chi connectivity index (χ0) is 9.90. The summed E-state index contributed by atoms with van der Waals surface area (Å²) in [6.45, 7) is 8.66. The van der Waals surface area contributed by atoms with E-state index in [-0.39, 0.29) is 11.6 Å². The molecular formula is C11H23NO. The van der Waals surface area contributed by atoms with Gasteiger partial charge >= 0.3 is 0 Å². The fourth-order valence-electron chi connectivity index (χ4n) is 2.71. The Bertz CT molecular complexity index is 146. The lowest BCUT2D eigenvalue weighted by Gasteiger charge is -2.43. The van der Waals surface area contributed by atoms with E-state index in [1.54, 1.807) is 0 Å². The van der Waals surface area contributed by atoms with Gasteiger partial charge in [0.2, 0.25) is 0 Å². The van der Waals surface area contributed by atoms with Crippen LogP contribution in [0.3, 0.4) is 0 Å². The molecule has 1 fully saturated rings. The molecular weight excluding hydrogens is 162 g/mol. The van der Waals surface area contributed by atoms with Crippen molar-refractivity contribution in [2.45, 2.75) is 58.1 Å². The standard InChI is InChI=1S/C11H23NO/c1-4-11(5-2,10(3)13)12-8-6-7-9-12/h10,13H,4-9H2,1-3H3. The molecule has 2 nitrogen and oxygen atoms in total. The first-order chi connectivity index (χ1) is 6.17. The molecule has 0 aliphatic carbocycles. The molecule has 0 spiro atoms. The normalized spacial score (nSPS) is 22.2. The summed E-state index contributed by atoms with van der Waals surface area (Å²) in [5.74, 6) is 0. The molecule has 1 atom stereocenters. The van der Waals surface area contributed by atoms with E-state index < -0.39 is 0 Å². The summed E-state index contributed by atoms with van der Waals surface area (Å²) in [4.78, 5) is 2.48. The van der Waals surface area contributed by atoms with Crippen LogP contribution < -0.4 is 0 Å². The molecule has 1 N–H and O–H groups in total. The lowest BCUT2D eigenvalue weighted by molar-refractivity contribution is -0.0171. The van der Waals surface area contributed by atoms with Gasteiger partial charge in [0.25, 0.3) is 0 Å². The minimum Gasteiger partial charge on any atom is -0.391 e. The maximum atomic E-state index is 9.88. The number of hydrogen-bond acceptors (Lipinski definition) is 2. The average molecular weight is 185 g/mol. The summed E-state index contributed by atoms with van der Waals surface area (Å²) >= 11 is 0. The molecule has 0 radical (unpaired) electrons. The topological polar surface area (TPSA) is 23.5 Å². The second-order valence-electron chi connectivity index (χ2n) is 4.18. The number of hydrogen-bond donors (Lipinski definition) is 1. The van der Waals surface area contributed by atoms with E-state index in [4.69, 9.17) is 0 Å². The highest BCUT2D eigenvalue weighted by molar-refractivity contribution is 4.94. The second kappa shape index (κ2) is 4.43. The van der Waals surface area contributed by atoms with E-state index in [0.717, 1.165) is 12.8 Å². The lowest BCUT2D eigenvalue weighted by atomic mass is 9.85. The van der Waals surface area contributed by atoms with Crippen molar-refractivity contribution in [2.75, 3.05) is 13.1 Å². The maximum Gasteiger partial charge on any atom is 0.0695 e. The predicted molar refractivity (Wildman–Crippen MR) is 55.8 cm³/mol. The van der Waals surface area contributed by atoms with Gasteiger partial charge in [-0.25, -0.2) is 0 Å². The average Bonchev–Trinajstić information content (AvgIpc) is 2.60. The third-order valence-corrected chi connectivity index (χ3v) is 3.74. The summed E-state index contributed by atoms with van der Waals surface area (Å²) in [5, 5.41) is 9.88. The number of aliphatic hydroxyl groups is 1. The number of likely N-dealkylation sites (tertiary alicyclic amines) is 1. The van der Waals surface area contributed by atoms with E-state index in [2.05, 4.69) is 18.7 Å². The van der Waals surface area contributed by atoms with Crippen molar-refractivity contribution in [1.29, 1.82) is 0 Å². The predicted octanol–water partition coefficient (Wildman–Crippen LogP) is 2.02. The molecule has 0 amide bonds. The Labute approximate surface area is 81.9 Å². The summed E-state index contributed by atoms with van der Waals surface area (Å²) in [6, 6.07) is 0. The molecule has 1 rings (SSSR count). The van der Waals surface area contributed by atoms with Crippen molar-refractivity contribution < 1.29 is 5.11 Å². The molecule has 1 heterocycles. The Balaban J connectivity index is 2.74. The zero-order valence-electron chi connectivity index (χ0n) is 9.21. The van der Waals surface area contributed by atoms with Crippen molar-refractivity contribution in [3.8, 4) is 0 Å². The molecule has 1 saturated heterocycles. The highest BCUT2D eigenvalue weighted by atomic mass is 16.3. The molecule has 13 heavy (non-hydrogen) atoms. The van der Waals surface area contributed by atoms with Crippen molar-refractivity contribution in [2.24, 2.45) is 0 Å². The van der Waals surface area contributed by atoms with E-state index >= 15 is 0 Å². The van der Waals surface area contributed by atoms with Gasteiger partial charge in [0, 0.05) is 5.54 Å². The second-order valence-corrected chi connectivity index (χ2v) is 4.18. The minimum absolute atomic E-state index is 0.0521. The smallest absolute Gasteiger partial charge is 0.0695 e. The molecule has 2 heteroatoms.